The van der Waals surface area contributed by atoms with E-state index in [-0.39, 0.29) is 0 Å². The van der Waals surface area contributed by atoms with Crippen molar-refractivity contribution < 1.29 is 4.39 Å². The molecule has 0 aromatic heterocycles. The number of nitriles is 1. The monoisotopic (exact) mass is 288 g/mol. The number of hydrogen-bond donors (Lipinski definition) is 1. The van der Waals surface area contributed by atoms with Gasteiger partial charge in [0.1, 0.15) is 5.82 Å². The number of halogens is 2. The number of hydrogen-bond acceptors (Lipinski definition) is 2. The number of rotatable bonds is 4. The Kier molecular flexibility index (Phi) is 4.73. The second kappa shape index (κ2) is 6.51. The van der Waals surface area contributed by atoms with Crippen molar-refractivity contribution in [2.24, 2.45) is 0 Å². The van der Waals surface area contributed by atoms with Crippen LogP contribution < -0.4 is 5.32 Å². The Morgan fingerprint density at radius 3 is 2.65 bits per heavy atom. The molecule has 2 rings (SSSR count). The van der Waals surface area contributed by atoms with Crippen molar-refractivity contribution in [2.45, 2.75) is 13.5 Å². The van der Waals surface area contributed by atoms with Crippen LogP contribution in [0.3, 0.4) is 0 Å². The molecule has 0 radical (unpaired) electrons. The van der Waals surface area contributed by atoms with E-state index in [1.54, 1.807) is 12.1 Å². The second-order valence-electron chi connectivity index (χ2n) is 4.43. The first-order valence-corrected chi connectivity index (χ1v) is 6.72. The lowest BCUT2D eigenvalue weighted by atomic mass is 10.0. The van der Waals surface area contributed by atoms with Gasteiger partial charge in [0.15, 0.2) is 0 Å². The summed E-state index contributed by atoms with van der Waals surface area (Å²) in [5.41, 5.74) is 2.74. The van der Waals surface area contributed by atoms with Crippen LogP contribution in [0.4, 0.5) is 4.39 Å². The summed E-state index contributed by atoms with van der Waals surface area (Å²) < 4.78 is 13.5. The van der Waals surface area contributed by atoms with E-state index in [0.29, 0.717) is 22.7 Å². The number of benzene rings is 2. The molecule has 102 valence electrons. The highest BCUT2D eigenvalue weighted by molar-refractivity contribution is 6.31. The molecule has 2 aromatic carbocycles. The summed E-state index contributed by atoms with van der Waals surface area (Å²) in [5, 5.41) is 12.7. The van der Waals surface area contributed by atoms with E-state index < -0.39 is 5.82 Å². The maximum Gasteiger partial charge on any atom is 0.125 e. The van der Waals surface area contributed by atoms with E-state index in [1.807, 2.05) is 25.1 Å². The molecule has 0 atom stereocenters. The summed E-state index contributed by atoms with van der Waals surface area (Å²) in [6.07, 6.45) is 0. The van der Waals surface area contributed by atoms with Crippen molar-refractivity contribution in [3.63, 3.8) is 0 Å². The fraction of sp³-hybridized carbons (Fsp3) is 0.188. The van der Waals surface area contributed by atoms with Crippen molar-refractivity contribution in [3.05, 3.63) is 58.4 Å². The van der Waals surface area contributed by atoms with Gasteiger partial charge in [-0.15, -0.1) is 0 Å². The van der Waals surface area contributed by atoms with Gasteiger partial charge in [-0.25, -0.2) is 4.39 Å². The van der Waals surface area contributed by atoms with E-state index in [9.17, 15) is 4.39 Å². The molecule has 0 amide bonds. The first-order valence-electron chi connectivity index (χ1n) is 6.34. The maximum absolute atomic E-state index is 13.5. The standard InChI is InChI=1S/C16H14ClFN2/c1-2-20-10-13-4-3-12(8-16(13)17)14-5-11(9-19)6-15(18)7-14/h3-8,20H,2,10H2,1H3. The van der Waals surface area contributed by atoms with Gasteiger partial charge in [-0.1, -0.05) is 30.7 Å². The highest BCUT2D eigenvalue weighted by Crippen LogP contribution is 2.27. The largest absolute Gasteiger partial charge is 0.313 e. The van der Waals surface area contributed by atoms with Gasteiger partial charge >= 0.3 is 0 Å². The Morgan fingerprint density at radius 1 is 1.20 bits per heavy atom. The van der Waals surface area contributed by atoms with E-state index in [1.165, 1.54) is 12.1 Å². The third-order valence-corrected chi connectivity index (χ3v) is 3.33. The van der Waals surface area contributed by atoms with Gasteiger partial charge in [0.2, 0.25) is 0 Å². The van der Waals surface area contributed by atoms with Crippen molar-refractivity contribution in [3.8, 4) is 17.2 Å². The van der Waals surface area contributed by atoms with Crippen LogP contribution in [-0.2, 0) is 6.54 Å². The highest BCUT2D eigenvalue weighted by atomic mass is 35.5. The van der Waals surface area contributed by atoms with Crippen LogP contribution in [0, 0.1) is 17.1 Å². The normalized spacial score (nSPS) is 10.3. The average molecular weight is 289 g/mol. The molecule has 0 bridgehead atoms. The molecule has 1 N–H and O–H groups in total. The van der Waals surface area contributed by atoms with Crippen molar-refractivity contribution in [2.75, 3.05) is 6.54 Å². The lowest BCUT2D eigenvalue weighted by Crippen LogP contribution is -2.11. The summed E-state index contributed by atoms with van der Waals surface area (Å²) in [7, 11) is 0. The molecule has 0 aliphatic carbocycles. The maximum atomic E-state index is 13.5. The van der Waals surface area contributed by atoms with E-state index >= 15 is 0 Å². The predicted octanol–water partition coefficient (Wildman–Crippen LogP) is 4.13. The third kappa shape index (κ3) is 3.36. The molecule has 4 heteroatoms. The molecule has 0 fully saturated rings. The minimum Gasteiger partial charge on any atom is -0.313 e. The lowest BCUT2D eigenvalue weighted by molar-refractivity contribution is 0.628. The van der Waals surface area contributed by atoms with Crippen molar-refractivity contribution >= 4 is 11.6 Å². The zero-order chi connectivity index (χ0) is 14.5. The summed E-state index contributed by atoms with van der Waals surface area (Å²) in [4.78, 5) is 0. The summed E-state index contributed by atoms with van der Waals surface area (Å²) in [6.45, 7) is 3.59. The van der Waals surface area contributed by atoms with Gasteiger partial charge < -0.3 is 5.32 Å². The Morgan fingerprint density at radius 2 is 2.00 bits per heavy atom. The molecule has 0 unspecified atom stereocenters. The molecule has 0 heterocycles. The zero-order valence-corrected chi connectivity index (χ0v) is 11.8. The second-order valence-corrected chi connectivity index (χ2v) is 4.83. The van der Waals surface area contributed by atoms with Crippen LogP contribution in [0.5, 0.6) is 0 Å². The number of nitrogens with one attached hydrogen (secondary N) is 1. The van der Waals surface area contributed by atoms with Gasteiger partial charge in [0.25, 0.3) is 0 Å². The third-order valence-electron chi connectivity index (χ3n) is 2.98. The van der Waals surface area contributed by atoms with Crippen LogP contribution in [0.15, 0.2) is 36.4 Å². The fourth-order valence-electron chi connectivity index (χ4n) is 1.95. The fourth-order valence-corrected chi connectivity index (χ4v) is 2.20. The Bertz CT molecular complexity index is 662. The average Bonchev–Trinajstić information content (AvgIpc) is 2.45. The molecular formula is C16H14ClFN2. The molecule has 0 aliphatic rings. The van der Waals surface area contributed by atoms with Gasteiger partial charge in [0.05, 0.1) is 11.6 Å². The van der Waals surface area contributed by atoms with Gasteiger partial charge in [0, 0.05) is 11.6 Å². The molecule has 2 nitrogen and oxygen atoms in total. The van der Waals surface area contributed by atoms with Crippen LogP contribution in [0.2, 0.25) is 5.02 Å². The molecule has 0 spiro atoms. The van der Waals surface area contributed by atoms with Crippen LogP contribution in [-0.4, -0.2) is 6.54 Å². The number of nitrogens with zero attached hydrogens (tertiary/aromatic N) is 1. The van der Waals surface area contributed by atoms with Crippen molar-refractivity contribution in [1.29, 1.82) is 5.26 Å². The van der Waals surface area contributed by atoms with E-state index in [0.717, 1.165) is 17.7 Å². The summed E-state index contributed by atoms with van der Waals surface area (Å²) in [5.74, 6) is -0.424. The van der Waals surface area contributed by atoms with Crippen LogP contribution >= 0.6 is 11.6 Å². The minimum absolute atomic E-state index is 0.299. The topological polar surface area (TPSA) is 35.8 Å². The Hall–Kier alpha value is -1.89. The zero-order valence-electron chi connectivity index (χ0n) is 11.1. The molecular weight excluding hydrogens is 275 g/mol. The smallest absolute Gasteiger partial charge is 0.125 e. The lowest BCUT2D eigenvalue weighted by Gasteiger charge is -2.08. The first-order chi connectivity index (χ1) is 9.63. The van der Waals surface area contributed by atoms with Gasteiger partial charge in [-0.05, 0) is 47.5 Å². The molecule has 0 aliphatic heterocycles. The van der Waals surface area contributed by atoms with E-state index in [4.69, 9.17) is 16.9 Å². The highest BCUT2D eigenvalue weighted by Gasteiger charge is 2.06. The Balaban J connectivity index is 2.37. The van der Waals surface area contributed by atoms with Gasteiger partial charge in [-0.2, -0.15) is 5.26 Å². The van der Waals surface area contributed by atoms with Crippen molar-refractivity contribution in [1.82, 2.24) is 5.32 Å². The SMILES string of the molecule is CCNCc1ccc(-c2cc(F)cc(C#N)c2)cc1Cl. The first kappa shape index (κ1) is 14.5. The molecule has 2 aromatic rings. The molecule has 20 heavy (non-hydrogen) atoms. The van der Waals surface area contributed by atoms with Crippen LogP contribution in [0.1, 0.15) is 18.1 Å². The quantitative estimate of drug-likeness (QED) is 0.918. The van der Waals surface area contributed by atoms with E-state index in [2.05, 4.69) is 5.32 Å². The predicted molar refractivity (Wildman–Crippen MR) is 78.9 cm³/mol. The van der Waals surface area contributed by atoms with Gasteiger partial charge in [-0.3, -0.25) is 0 Å². The minimum atomic E-state index is -0.424. The summed E-state index contributed by atoms with van der Waals surface area (Å²) >= 11 is 6.23. The summed E-state index contributed by atoms with van der Waals surface area (Å²) in [6, 6.07) is 11.8. The van der Waals surface area contributed by atoms with Crippen LogP contribution in [0.25, 0.3) is 11.1 Å². The molecule has 0 saturated heterocycles. The Labute approximate surface area is 122 Å². The molecule has 0 saturated carbocycles.